The highest BCUT2D eigenvalue weighted by Crippen LogP contribution is 2.27. The first-order chi connectivity index (χ1) is 8.01. The first-order valence-electron chi connectivity index (χ1n) is 5.58. The lowest BCUT2D eigenvalue weighted by Crippen LogP contribution is -2.25. The smallest absolute Gasteiger partial charge is 0.338 e. The maximum absolute atomic E-state index is 13.6. The maximum atomic E-state index is 13.6. The summed E-state index contributed by atoms with van der Waals surface area (Å²) in [5.74, 6) is -2.06. The summed E-state index contributed by atoms with van der Waals surface area (Å²) in [5.41, 5.74) is 6.22. The molecular weight excluding hydrogens is 223 g/mol. The van der Waals surface area contributed by atoms with Crippen molar-refractivity contribution < 1.29 is 14.3 Å². The predicted octanol–water partition coefficient (Wildman–Crippen LogP) is 2.34. The van der Waals surface area contributed by atoms with Crippen LogP contribution in [0.4, 0.5) is 15.8 Å². The van der Waals surface area contributed by atoms with Gasteiger partial charge in [-0.1, -0.05) is 6.92 Å². The minimum absolute atomic E-state index is 0.291. The number of nitrogens with two attached hydrogens (primary N) is 1. The molecule has 0 bridgehead atoms. The molecule has 0 saturated heterocycles. The highest BCUT2D eigenvalue weighted by atomic mass is 19.1. The van der Waals surface area contributed by atoms with Crippen LogP contribution in [0.5, 0.6) is 0 Å². The highest BCUT2D eigenvalue weighted by Gasteiger charge is 2.16. The Labute approximate surface area is 99.8 Å². The van der Waals surface area contributed by atoms with Crippen LogP contribution in [0.25, 0.3) is 0 Å². The Morgan fingerprint density at radius 2 is 2.12 bits per heavy atom. The Bertz CT molecular complexity index is 421. The van der Waals surface area contributed by atoms with Crippen LogP contribution in [0.3, 0.4) is 0 Å². The fraction of sp³-hybridized carbons (Fsp3) is 0.417. The molecule has 0 unspecified atom stereocenters. The first-order valence-corrected chi connectivity index (χ1v) is 5.58. The van der Waals surface area contributed by atoms with Gasteiger partial charge in [0.15, 0.2) is 0 Å². The van der Waals surface area contributed by atoms with Crippen LogP contribution in [0.1, 0.15) is 30.6 Å². The number of carbonyl (C=O) groups is 1. The normalized spacial score (nSPS) is 10.3. The number of anilines is 2. The number of benzene rings is 1. The first kappa shape index (κ1) is 13.3. The van der Waals surface area contributed by atoms with Crippen molar-refractivity contribution >= 4 is 17.3 Å². The van der Waals surface area contributed by atoms with Crippen LogP contribution in [0.2, 0.25) is 0 Å². The van der Waals surface area contributed by atoms with Gasteiger partial charge in [-0.25, -0.2) is 9.18 Å². The predicted molar refractivity (Wildman–Crippen MR) is 65.9 cm³/mol. The summed E-state index contributed by atoms with van der Waals surface area (Å²) < 4.78 is 13.6. The van der Waals surface area contributed by atoms with Gasteiger partial charge in [-0.2, -0.15) is 0 Å². The zero-order valence-electron chi connectivity index (χ0n) is 10.0. The molecule has 0 amide bonds. The van der Waals surface area contributed by atoms with Gasteiger partial charge in [-0.3, -0.25) is 0 Å². The van der Waals surface area contributed by atoms with Crippen LogP contribution in [0, 0.1) is 5.82 Å². The summed E-state index contributed by atoms with van der Waals surface area (Å²) in [4.78, 5) is 12.7. The molecule has 0 spiro atoms. The second kappa shape index (κ2) is 5.52. The van der Waals surface area contributed by atoms with E-state index in [2.05, 4.69) is 0 Å². The molecule has 0 saturated carbocycles. The van der Waals surface area contributed by atoms with Crippen molar-refractivity contribution in [2.24, 2.45) is 0 Å². The van der Waals surface area contributed by atoms with Crippen LogP contribution >= 0.6 is 0 Å². The van der Waals surface area contributed by atoms with E-state index in [0.717, 1.165) is 13.0 Å². The zero-order valence-corrected chi connectivity index (χ0v) is 10.0. The van der Waals surface area contributed by atoms with Gasteiger partial charge in [0.25, 0.3) is 0 Å². The Hall–Kier alpha value is -1.78. The molecule has 5 heteroatoms. The van der Waals surface area contributed by atoms with Crippen molar-refractivity contribution in [2.75, 3.05) is 23.7 Å². The Kier molecular flexibility index (Phi) is 4.31. The fourth-order valence-corrected chi connectivity index (χ4v) is 1.74. The van der Waals surface area contributed by atoms with Gasteiger partial charge in [0, 0.05) is 19.2 Å². The summed E-state index contributed by atoms with van der Waals surface area (Å²) in [6.45, 7) is 5.41. The van der Waals surface area contributed by atoms with Crippen molar-refractivity contribution in [1.29, 1.82) is 0 Å². The van der Waals surface area contributed by atoms with Crippen molar-refractivity contribution in [1.82, 2.24) is 0 Å². The lowest BCUT2D eigenvalue weighted by molar-refractivity contribution is 0.0692. The zero-order chi connectivity index (χ0) is 13.0. The van der Waals surface area contributed by atoms with Gasteiger partial charge < -0.3 is 15.7 Å². The molecular formula is C12H17FN2O2. The minimum Gasteiger partial charge on any atom is -0.478 e. The summed E-state index contributed by atoms with van der Waals surface area (Å²) in [6, 6.07) is 2.36. The van der Waals surface area contributed by atoms with Crippen molar-refractivity contribution in [2.45, 2.75) is 20.3 Å². The molecule has 3 N–H and O–H groups in total. The molecule has 0 aromatic heterocycles. The van der Waals surface area contributed by atoms with Gasteiger partial charge in [0.1, 0.15) is 5.82 Å². The lowest BCUT2D eigenvalue weighted by Gasteiger charge is -2.24. The van der Waals surface area contributed by atoms with E-state index in [4.69, 9.17) is 10.8 Å². The Balaban J connectivity index is 3.18. The largest absolute Gasteiger partial charge is 0.478 e. The van der Waals surface area contributed by atoms with Crippen LogP contribution < -0.4 is 10.6 Å². The third kappa shape index (κ3) is 2.87. The molecule has 0 atom stereocenters. The quantitative estimate of drug-likeness (QED) is 0.775. The molecule has 17 heavy (non-hydrogen) atoms. The number of aromatic carboxylic acids is 1. The number of hydrogen-bond donors (Lipinski definition) is 2. The summed E-state index contributed by atoms with van der Waals surface area (Å²) in [6.07, 6.45) is 0.912. The average Bonchev–Trinajstić information content (AvgIpc) is 2.28. The van der Waals surface area contributed by atoms with Gasteiger partial charge in [-0.05, 0) is 19.4 Å². The monoisotopic (exact) mass is 240 g/mol. The number of carboxylic acids is 1. The Morgan fingerprint density at radius 3 is 2.59 bits per heavy atom. The van der Waals surface area contributed by atoms with Crippen LogP contribution in [0.15, 0.2) is 12.1 Å². The van der Waals surface area contributed by atoms with E-state index >= 15 is 0 Å². The van der Waals surface area contributed by atoms with E-state index in [1.165, 1.54) is 12.1 Å². The van der Waals surface area contributed by atoms with Crippen molar-refractivity contribution in [3.63, 3.8) is 0 Å². The van der Waals surface area contributed by atoms with Gasteiger partial charge >= 0.3 is 5.97 Å². The number of nitrogen functional groups attached to an aromatic ring is 1. The summed E-state index contributed by atoms with van der Waals surface area (Å²) in [5, 5.41) is 8.77. The van der Waals surface area contributed by atoms with E-state index in [1.807, 2.05) is 18.7 Å². The fourth-order valence-electron chi connectivity index (χ4n) is 1.74. The number of hydrogen-bond acceptors (Lipinski definition) is 3. The molecule has 0 heterocycles. The molecule has 0 aliphatic carbocycles. The van der Waals surface area contributed by atoms with E-state index in [0.29, 0.717) is 17.9 Å². The second-order valence-electron chi connectivity index (χ2n) is 3.78. The minimum atomic E-state index is -1.31. The third-order valence-electron chi connectivity index (χ3n) is 2.56. The van der Waals surface area contributed by atoms with E-state index in [1.54, 1.807) is 0 Å². The lowest BCUT2D eigenvalue weighted by atomic mass is 10.1. The van der Waals surface area contributed by atoms with E-state index in [-0.39, 0.29) is 5.56 Å². The molecule has 0 aliphatic heterocycles. The number of halogens is 1. The standard InChI is InChI=1S/C12H17FN2O2/c1-3-5-15(4-2)11-7-9(13)8(12(16)17)6-10(11)14/h6-7H,3-5,14H2,1-2H3,(H,16,17). The van der Waals surface area contributed by atoms with E-state index < -0.39 is 11.8 Å². The number of carboxylic acid groups (broad SMARTS) is 1. The average molecular weight is 240 g/mol. The van der Waals surface area contributed by atoms with Gasteiger partial charge in [0.05, 0.1) is 16.9 Å². The maximum Gasteiger partial charge on any atom is 0.338 e. The molecule has 0 radical (unpaired) electrons. The molecule has 1 aromatic carbocycles. The number of nitrogens with zero attached hydrogens (tertiary/aromatic N) is 1. The molecule has 4 nitrogen and oxygen atoms in total. The highest BCUT2D eigenvalue weighted by molar-refractivity contribution is 5.90. The Morgan fingerprint density at radius 1 is 1.47 bits per heavy atom. The molecule has 1 aromatic rings. The van der Waals surface area contributed by atoms with Crippen molar-refractivity contribution in [3.05, 3.63) is 23.5 Å². The second-order valence-corrected chi connectivity index (χ2v) is 3.78. The molecule has 0 fully saturated rings. The van der Waals surface area contributed by atoms with Crippen molar-refractivity contribution in [3.8, 4) is 0 Å². The molecule has 1 rings (SSSR count). The molecule has 94 valence electrons. The number of rotatable bonds is 5. The topological polar surface area (TPSA) is 66.6 Å². The van der Waals surface area contributed by atoms with E-state index in [9.17, 15) is 9.18 Å². The van der Waals surface area contributed by atoms with Gasteiger partial charge in [-0.15, -0.1) is 0 Å². The van der Waals surface area contributed by atoms with Crippen LogP contribution in [-0.4, -0.2) is 24.2 Å². The summed E-state index contributed by atoms with van der Waals surface area (Å²) in [7, 11) is 0. The third-order valence-corrected chi connectivity index (χ3v) is 2.56. The van der Waals surface area contributed by atoms with Gasteiger partial charge in [0.2, 0.25) is 0 Å². The molecule has 0 aliphatic rings. The van der Waals surface area contributed by atoms with Crippen LogP contribution in [-0.2, 0) is 0 Å². The summed E-state index contributed by atoms with van der Waals surface area (Å²) >= 11 is 0. The SMILES string of the molecule is CCCN(CC)c1cc(F)c(C(=O)O)cc1N.